The summed E-state index contributed by atoms with van der Waals surface area (Å²) in [6, 6.07) is 8.17. The van der Waals surface area contributed by atoms with Crippen molar-refractivity contribution in [1.29, 1.82) is 0 Å². The molecule has 0 saturated carbocycles. The van der Waals surface area contributed by atoms with Crippen molar-refractivity contribution in [1.82, 2.24) is 15.5 Å². The number of ether oxygens (including phenoxy) is 3. The first kappa shape index (κ1) is 28.9. The van der Waals surface area contributed by atoms with Gasteiger partial charge in [0.15, 0.2) is 5.96 Å². The van der Waals surface area contributed by atoms with Gasteiger partial charge >= 0.3 is 0 Å². The Morgan fingerprint density at radius 1 is 0.933 bits per heavy atom. The number of nitrogens with one attached hydrogen (secondary N) is 2. The molecular formula is C22H41IN4O3. The van der Waals surface area contributed by atoms with Gasteiger partial charge in [0.05, 0.1) is 26.4 Å². The minimum absolute atomic E-state index is 0. The van der Waals surface area contributed by atoms with Crippen LogP contribution in [-0.4, -0.2) is 78.1 Å². The molecule has 8 heteroatoms. The summed E-state index contributed by atoms with van der Waals surface area (Å²) in [6.07, 6.45) is 3.29. The molecule has 2 N–H and O–H groups in total. The molecule has 1 rings (SSSR count). The molecule has 0 unspecified atom stereocenters. The quantitative estimate of drug-likeness (QED) is 0.147. The Balaban J connectivity index is 0.00000841. The Morgan fingerprint density at radius 2 is 1.63 bits per heavy atom. The molecule has 0 spiro atoms. The van der Waals surface area contributed by atoms with Crippen LogP contribution in [0.2, 0.25) is 0 Å². The van der Waals surface area contributed by atoms with Crippen molar-refractivity contribution < 1.29 is 14.2 Å². The van der Waals surface area contributed by atoms with Gasteiger partial charge in [0.25, 0.3) is 0 Å². The zero-order valence-corrected chi connectivity index (χ0v) is 21.4. The van der Waals surface area contributed by atoms with Crippen LogP contribution in [0, 0.1) is 0 Å². The Bertz CT molecular complexity index is 542. The molecule has 30 heavy (non-hydrogen) atoms. The Morgan fingerprint density at radius 3 is 2.27 bits per heavy atom. The molecule has 0 aliphatic carbocycles. The van der Waals surface area contributed by atoms with E-state index in [1.165, 1.54) is 5.56 Å². The van der Waals surface area contributed by atoms with Crippen LogP contribution in [-0.2, 0) is 16.0 Å². The first-order valence-electron chi connectivity index (χ1n) is 10.6. The summed E-state index contributed by atoms with van der Waals surface area (Å²) >= 11 is 0. The highest BCUT2D eigenvalue weighted by molar-refractivity contribution is 14.0. The largest absolute Gasteiger partial charge is 0.494 e. The molecule has 0 aliphatic rings. The van der Waals surface area contributed by atoms with E-state index in [0.29, 0.717) is 32.9 Å². The molecule has 0 amide bonds. The van der Waals surface area contributed by atoms with E-state index in [1.807, 2.05) is 12.1 Å². The molecule has 0 saturated heterocycles. The van der Waals surface area contributed by atoms with Crippen LogP contribution >= 0.6 is 24.0 Å². The Hall–Kier alpha value is -1.10. The van der Waals surface area contributed by atoms with Crippen molar-refractivity contribution >= 4 is 29.9 Å². The average molecular weight is 536 g/mol. The number of unbranched alkanes of at least 4 members (excludes halogenated alkanes) is 1. The molecule has 0 aromatic heterocycles. The minimum atomic E-state index is 0. The number of hydrogen-bond acceptors (Lipinski definition) is 5. The first-order chi connectivity index (χ1) is 14.2. The average Bonchev–Trinajstić information content (AvgIpc) is 2.73. The number of benzene rings is 1. The minimum Gasteiger partial charge on any atom is -0.494 e. The van der Waals surface area contributed by atoms with Gasteiger partial charge in [0.2, 0.25) is 0 Å². The maximum atomic E-state index is 5.76. The predicted octanol–water partition coefficient (Wildman–Crippen LogP) is 3.13. The highest BCUT2D eigenvalue weighted by Gasteiger charge is 2.00. The van der Waals surface area contributed by atoms with Crippen LogP contribution in [0.1, 0.15) is 31.7 Å². The second kappa shape index (κ2) is 19.8. The summed E-state index contributed by atoms with van der Waals surface area (Å²) in [4.78, 5) is 6.40. The monoisotopic (exact) mass is 536 g/mol. The van der Waals surface area contributed by atoms with E-state index < -0.39 is 0 Å². The number of rotatable bonds is 16. The fraction of sp³-hybridized carbons (Fsp3) is 0.682. The van der Waals surface area contributed by atoms with Gasteiger partial charge in [-0.15, -0.1) is 24.0 Å². The number of nitrogens with zero attached hydrogens (tertiary/aromatic N) is 2. The molecule has 0 bridgehead atoms. The molecule has 7 nitrogen and oxygen atoms in total. The molecule has 0 fully saturated rings. The third kappa shape index (κ3) is 15.7. The molecular weight excluding hydrogens is 495 g/mol. The number of guanidine groups is 1. The molecule has 1 aromatic carbocycles. The van der Waals surface area contributed by atoms with Crippen molar-refractivity contribution in [3.63, 3.8) is 0 Å². The van der Waals surface area contributed by atoms with Crippen molar-refractivity contribution in [2.45, 2.75) is 32.7 Å². The lowest BCUT2D eigenvalue weighted by Crippen LogP contribution is -2.38. The van der Waals surface area contributed by atoms with Crippen LogP contribution in [0.25, 0.3) is 0 Å². The van der Waals surface area contributed by atoms with Crippen molar-refractivity contribution in [2.24, 2.45) is 4.99 Å². The van der Waals surface area contributed by atoms with Gasteiger partial charge in [0, 0.05) is 33.3 Å². The van der Waals surface area contributed by atoms with Crippen molar-refractivity contribution in [3.8, 4) is 5.75 Å². The van der Waals surface area contributed by atoms with E-state index in [4.69, 9.17) is 14.2 Å². The van der Waals surface area contributed by atoms with Crippen LogP contribution in [0.3, 0.4) is 0 Å². The van der Waals surface area contributed by atoms with Gasteiger partial charge in [0.1, 0.15) is 5.75 Å². The number of hydrogen-bond donors (Lipinski definition) is 2. The lowest BCUT2D eigenvalue weighted by molar-refractivity contribution is 0.0487. The first-order valence-corrected chi connectivity index (χ1v) is 10.6. The Labute approximate surface area is 200 Å². The van der Waals surface area contributed by atoms with Gasteiger partial charge in [-0.1, -0.05) is 25.5 Å². The maximum Gasteiger partial charge on any atom is 0.191 e. The number of aliphatic imine (C=N–C) groups is 1. The molecule has 174 valence electrons. The third-order valence-electron chi connectivity index (χ3n) is 4.18. The molecule has 0 heterocycles. The lowest BCUT2D eigenvalue weighted by atomic mass is 10.2. The highest BCUT2D eigenvalue weighted by atomic mass is 127. The normalized spacial score (nSPS) is 11.3. The van der Waals surface area contributed by atoms with E-state index in [0.717, 1.165) is 50.7 Å². The second-order valence-corrected chi connectivity index (χ2v) is 7.08. The predicted molar refractivity (Wildman–Crippen MR) is 135 cm³/mol. The summed E-state index contributed by atoms with van der Waals surface area (Å²) < 4.78 is 16.8. The van der Waals surface area contributed by atoms with Gasteiger partial charge < -0.3 is 29.7 Å². The third-order valence-corrected chi connectivity index (χ3v) is 4.18. The molecule has 0 aliphatic heterocycles. The SMILES string of the molecule is CCCCOCCOCCNC(=NC)NCc1ccc(OCCCN(C)C)cc1.I. The van der Waals surface area contributed by atoms with Gasteiger partial charge in [-0.3, -0.25) is 4.99 Å². The van der Waals surface area contributed by atoms with Crippen LogP contribution in [0.4, 0.5) is 0 Å². The zero-order valence-electron chi connectivity index (χ0n) is 19.1. The standard InChI is InChI=1S/C22H40N4O3.HI/c1-5-6-14-27-17-18-28-16-12-24-22(23-2)25-19-20-8-10-21(11-9-20)29-15-7-13-26(3)4;/h8-11H,5-7,12-19H2,1-4H3,(H2,23,24,25);1H. The van der Waals surface area contributed by atoms with Crippen LogP contribution < -0.4 is 15.4 Å². The summed E-state index contributed by atoms with van der Waals surface area (Å²) in [6.45, 7) is 8.05. The topological polar surface area (TPSA) is 67.3 Å². The summed E-state index contributed by atoms with van der Waals surface area (Å²) in [5.74, 6) is 1.67. The summed E-state index contributed by atoms with van der Waals surface area (Å²) in [5.41, 5.74) is 1.18. The molecule has 1 aromatic rings. The highest BCUT2D eigenvalue weighted by Crippen LogP contribution is 2.12. The van der Waals surface area contributed by atoms with Crippen molar-refractivity contribution in [2.75, 3.05) is 67.3 Å². The fourth-order valence-electron chi connectivity index (χ4n) is 2.49. The lowest BCUT2D eigenvalue weighted by Gasteiger charge is -2.13. The smallest absolute Gasteiger partial charge is 0.191 e. The summed E-state index contributed by atoms with van der Waals surface area (Å²) in [5, 5.41) is 6.56. The van der Waals surface area contributed by atoms with E-state index in [2.05, 4.69) is 53.7 Å². The maximum absolute atomic E-state index is 5.76. The molecule has 0 atom stereocenters. The Kier molecular flexibility index (Phi) is 19.1. The zero-order chi connectivity index (χ0) is 21.2. The second-order valence-electron chi connectivity index (χ2n) is 7.08. The van der Waals surface area contributed by atoms with E-state index in [9.17, 15) is 0 Å². The van der Waals surface area contributed by atoms with Crippen molar-refractivity contribution in [3.05, 3.63) is 29.8 Å². The van der Waals surface area contributed by atoms with E-state index in [-0.39, 0.29) is 24.0 Å². The summed E-state index contributed by atoms with van der Waals surface area (Å²) in [7, 11) is 5.91. The van der Waals surface area contributed by atoms with E-state index in [1.54, 1.807) is 7.05 Å². The van der Waals surface area contributed by atoms with Gasteiger partial charge in [-0.05, 0) is 44.6 Å². The molecule has 0 radical (unpaired) electrons. The van der Waals surface area contributed by atoms with Crippen LogP contribution in [0.5, 0.6) is 5.75 Å². The van der Waals surface area contributed by atoms with Gasteiger partial charge in [-0.25, -0.2) is 0 Å². The van der Waals surface area contributed by atoms with E-state index >= 15 is 0 Å². The van der Waals surface area contributed by atoms with Crippen LogP contribution in [0.15, 0.2) is 29.3 Å². The fourth-order valence-corrected chi connectivity index (χ4v) is 2.49. The van der Waals surface area contributed by atoms with Gasteiger partial charge in [-0.2, -0.15) is 0 Å². The number of halogens is 1.